The van der Waals surface area contributed by atoms with Gasteiger partial charge in [0.15, 0.2) is 5.78 Å². The number of esters is 1. The highest BCUT2D eigenvalue weighted by molar-refractivity contribution is 7.89. The number of carbonyl (C=O) groups excluding carboxylic acids is 2. The van der Waals surface area contributed by atoms with Gasteiger partial charge in [0.2, 0.25) is 10.0 Å². The molecule has 1 fully saturated rings. The highest BCUT2D eigenvalue weighted by Gasteiger charge is 2.32. The zero-order valence-electron chi connectivity index (χ0n) is 14.5. The summed E-state index contributed by atoms with van der Waals surface area (Å²) < 4.78 is 32.1. The lowest BCUT2D eigenvalue weighted by atomic mass is 9.94. The molecule has 1 aromatic carbocycles. The summed E-state index contributed by atoms with van der Waals surface area (Å²) in [6.07, 6.45) is 0.981. The number of nitrogens with zero attached hydrogens (tertiary/aromatic N) is 1. The Hall–Kier alpha value is -1.44. The number of ether oxygens (including phenoxy) is 1. The molecule has 1 aromatic rings. The van der Waals surface area contributed by atoms with Crippen molar-refractivity contribution in [1.29, 1.82) is 0 Å². The van der Waals surface area contributed by atoms with Crippen LogP contribution in [0.3, 0.4) is 0 Å². The Labute approximate surface area is 153 Å². The fourth-order valence-corrected chi connectivity index (χ4v) is 4.92. The number of carbonyl (C=O) groups is 2. The van der Waals surface area contributed by atoms with Gasteiger partial charge in [-0.15, -0.1) is 0 Å². The summed E-state index contributed by atoms with van der Waals surface area (Å²) in [5.74, 6) is -0.598. The van der Waals surface area contributed by atoms with Crippen molar-refractivity contribution in [3.63, 3.8) is 0 Å². The van der Waals surface area contributed by atoms with Crippen LogP contribution >= 0.6 is 11.6 Å². The fourth-order valence-electron chi connectivity index (χ4n) is 3.02. The largest absolute Gasteiger partial charge is 0.454 e. The van der Waals surface area contributed by atoms with Gasteiger partial charge in [-0.25, -0.2) is 13.2 Å². The van der Waals surface area contributed by atoms with Gasteiger partial charge in [-0.3, -0.25) is 4.79 Å². The Morgan fingerprint density at radius 1 is 1.24 bits per heavy atom. The molecule has 1 heterocycles. The third-order valence-electron chi connectivity index (χ3n) is 4.04. The molecule has 1 saturated heterocycles. The molecule has 2 rings (SSSR count). The lowest BCUT2D eigenvalue weighted by molar-refractivity contribution is -0.120. The Balaban J connectivity index is 2.31. The summed E-state index contributed by atoms with van der Waals surface area (Å²) in [6.45, 7) is 5.83. The maximum Gasteiger partial charge on any atom is 0.340 e. The van der Waals surface area contributed by atoms with E-state index >= 15 is 0 Å². The summed E-state index contributed by atoms with van der Waals surface area (Å²) in [5.41, 5.74) is -0.0675. The van der Waals surface area contributed by atoms with Crippen molar-refractivity contribution in [1.82, 2.24) is 4.31 Å². The number of halogens is 1. The van der Waals surface area contributed by atoms with Crippen LogP contribution in [-0.4, -0.2) is 44.2 Å². The van der Waals surface area contributed by atoms with E-state index in [1.54, 1.807) is 0 Å². The molecule has 0 unspecified atom stereocenters. The molecule has 2 atom stereocenters. The van der Waals surface area contributed by atoms with E-state index in [2.05, 4.69) is 0 Å². The average Bonchev–Trinajstić information content (AvgIpc) is 2.51. The average molecular weight is 388 g/mol. The van der Waals surface area contributed by atoms with Crippen molar-refractivity contribution in [2.75, 3.05) is 19.7 Å². The van der Waals surface area contributed by atoms with Crippen LogP contribution in [0.15, 0.2) is 23.1 Å². The molecule has 0 aromatic heterocycles. The minimum absolute atomic E-state index is 0.00650. The van der Waals surface area contributed by atoms with E-state index in [0.29, 0.717) is 13.1 Å². The van der Waals surface area contributed by atoms with Crippen molar-refractivity contribution in [3.05, 3.63) is 28.8 Å². The summed E-state index contributed by atoms with van der Waals surface area (Å²) in [5, 5.41) is 0.0767. The van der Waals surface area contributed by atoms with Crippen LogP contribution in [0.25, 0.3) is 0 Å². The third-order valence-corrected chi connectivity index (χ3v) is 6.19. The highest BCUT2D eigenvalue weighted by atomic mass is 35.5. The molecular weight excluding hydrogens is 366 g/mol. The lowest BCUT2D eigenvalue weighted by Gasteiger charge is -2.34. The van der Waals surface area contributed by atoms with Crippen molar-refractivity contribution >= 4 is 33.4 Å². The highest BCUT2D eigenvalue weighted by Crippen LogP contribution is 2.28. The molecule has 1 aliphatic heterocycles. The second kappa shape index (κ2) is 7.85. The topological polar surface area (TPSA) is 80.8 Å². The molecule has 0 radical (unpaired) electrons. The molecule has 0 bridgehead atoms. The first-order chi connectivity index (χ1) is 11.6. The number of Topliss-reactive ketones (excluding diaryl/α,β-unsaturated/α-hetero) is 1. The van der Waals surface area contributed by atoms with Crippen molar-refractivity contribution in [2.45, 2.75) is 32.1 Å². The van der Waals surface area contributed by atoms with Crippen LogP contribution in [-0.2, 0) is 19.6 Å². The monoisotopic (exact) mass is 387 g/mol. The van der Waals surface area contributed by atoms with Crippen LogP contribution in [0, 0.1) is 11.8 Å². The van der Waals surface area contributed by atoms with Gasteiger partial charge in [-0.1, -0.05) is 25.4 Å². The Morgan fingerprint density at radius 2 is 1.84 bits per heavy atom. The second-order valence-corrected chi connectivity index (χ2v) is 9.03. The number of hydrogen-bond acceptors (Lipinski definition) is 5. The number of benzene rings is 1. The Bertz CT molecular complexity index is 767. The summed E-state index contributed by atoms with van der Waals surface area (Å²) >= 11 is 5.99. The molecule has 6 nitrogen and oxygen atoms in total. The normalized spacial score (nSPS) is 21.8. The van der Waals surface area contributed by atoms with Crippen LogP contribution in [0.1, 0.15) is 37.6 Å². The van der Waals surface area contributed by atoms with E-state index in [0.717, 1.165) is 6.42 Å². The van der Waals surface area contributed by atoms with Crippen molar-refractivity contribution in [2.24, 2.45) is 11.8 Å². The van der Waals surface area contributed by atoms with Gasteiger partial charge >= 0.3 is 5.97 Å². The van der Waals surface area contributed by atoms with Gasteiger partial charge in [0.25, 0.3) is 0 Å². The first kappa shape index (κ1) is 19.9. The van der Waals surface area contributed by atoms with Gasteiger partial charge in [-0.2, -0.15) is 4.31 Å². The first-order valence-electron chi connectivity index (χ1n) is 8.07. The zero-order valence-corrected chi connectivity index (χ0v) is 16.1. The molecule has 0 amide bonds. The summed E-state index contributed by atoms with van der Waals surface area (Å²) in [7, 11) is -3.73. The second-order valence-electron chi connectivity index (χ2n) is 6.69. The summed E-state index contributed by atoms with van der Waals surface area (Å²) in [4.78, 5) is 23.0. The first-order valence-corrected chi connectivity index (χ1v) is 9.89. The molecule has 0 saturated carbocycles. The van der Waals surface area contributed by atoms with E-state index in [1.165, 1.54) is 29.4 Å². The number of ketones is 1. The summed E-state index contributed by atoms with van der Waals surface area (Å²) in [6, 6.07) is 3.95. The van der Waals surface area contributed by atoms with Crippen molar-refractivity contribution < 1.29 is 22.7 Å². The molecule has 25 heavy (non-hydrogen) atoms. The van der Waals surface area contributed by atoms with Crippen molar-refractivity contribution in [3.8, 4) is 0 Å². The van der Waals surface area contributed by atoms with Gasteiger partial charge < -0.3 is 4.74 Å². The molecule has 1 aliphatic rings. The lowest BCUT2D eigenvalue weighted by Crippen LogP contribution is -2.42. The molecule has 138 valence electrons. The van der Waals surface area contributed by atoms with E-state index < -0.39 is 16.0 Å². The van der Waals surface area contributed by atoms with E-state index in [1.807, 2.05) is 13.8 Å². The number of piperidine rings is 1. The minimum atomic E-state index is -3.73. The maximum atomic E-state index is 12.9. The van der Waals surface area contributed by atoms with E-state index in [-0.39, 0.29) is 39.7 Å². The third kappa shape index (κ3) is 4.80. The molecular formula is C17H22ClNO5S. The standard InChI is InChI=1S/C17H22ClNO5S/c1-11-6-12(2)9-19(8-11)25(22,23)14-4-5-16(18)15(7-14)17(21)24-10-13(3)20/h4-5,7,11-12H,6,8-10H2,1-3H3/t11-,12+. The van der Waals surface area contributed by atoms with Gasteiger partial charge in [0, 0.05) is 13.1 Å². The van der Waals surface area contributed by atoms with E-state index in [4.69, 9.17) is 16.3 Å². The molecule has 0 N–H and O–H groups in total. The SMILES string of the molecule is CC(=O)COC(=O)c1cc(S(=O)(=O)N2C[C@H](C)C[C@H](C)C2)ccc1Cl. The van der Waals surface area contributed by atoms with Gasteiger partial charge in [0.1, 0.15) is 6.61 Å². The van der Waals surface area contributed by atoms with Crippen LogP contribution in [0.4, 0.5) is 0 Å². The predicted molar refractivity (Wildman–Crippen MR) is 94.1 cm³/mol. The molecule has 0 spiro atoms. The number of sulfonamides is 1. The van der Waals surface area contributed by atoms with E-state index in [9.17, 15) is 18.0 Å². The smallest absolute Gasteiger partial charge is 0.340 e. The van der Waals surface area contributed by atoms with Crippen LogP contribution in [0.5, 0.6) is 0 Å². The minimum Gasteiger partial charge on any atom is -0.454 e. The van der Waals surface area contributed by atoms with Gasteiger partial charge in [0.05, 0.1) is 15.5 Å². The number of hydrogen-bond donors (Lipinski definition) is 0. The van der Waals surface area contributed by atoms with Crippen LogP contribution in [0.2, 0.25) is 5.02 Å². The Morgan fingerprint density at radius 3 is 2.40 bits per heavy atom. The molecule has 8 heteroatoms. The van der Waals surface area contributed by atoms with Gasteiger partial charge in [-0.05, 0) is 43.4 Å². The maximum absolute atomic E-state index is 12.9. The quantitative estimate of drug-likeness (QED) is 0.725. The van der Waals surface area contributed by atoms with Crippen LogP contribution < -0.4 is 0 Å². The zero-order chi connectivity index (χ0) is 18.8. The Kier molecular flexibility index (Phi) is 6.24. The predicted octanol–water partition coefficient (Wildman–Crippen LogP) is 2.75. The number of rotatable bonds is 5. The molecule has 0 aliphatic carbocycles. The fraction of sp³-hybridized carbons (Fsp3) is 0.529.